The van der Waals surface area contributed by atoms with Crippen molar-refractivity contribution in [3.8, 4) is 0 Å². The highest BCUT2D eigenvalue weighted by molar-refractivity contribution is 5.93. The first-order valence-corrected chi connectivity index (χ1v) is 8.63. The number of piperidine rings is 1. The molecule has 0 spiro atoms. The zero-order valence-corrected chi connectivity index (χ0v) is 15.0. The van der Waals surface area contributed by atoms with Gasteiger partial charge in [0.1, 0.15) is 0 Å². The Kier molecular flexibility index (Phi) is 5.45. The first kappa shape index (κ1) is 17.8. The molecule has 26 heavy (non-hydrogen) atoms. The van der Waals surface area contributed by atoms with Crippen molar-refractivity contribution in [1.29, 1.82) is 0 Å². The van der Waals surface area contributed by atoms with Crippen molar-refractivity contribution in [2.45, 2.75) is 12.8 Å². The van der Waals surface area contributed by atoms with Crippen LogP contribution in [0.3, 0.4) is 0 Å². The summed E-state index contributed by atoms with van der Waals surface area (Å²) < 4.78 is 1.32. The van der Waals surface area contributed by atoms with E-state index in [1.807, 2.05) is 0 Å². The fraction of sp³-hybridized carbons (Fsp3) is 0.471. The minimum atomic E-state index is -0.161. The first-order chi connectivity index (χ1) is 12.6. The molecule has 3 rings (SSSR count). The minimum absolute atomic E-state index is 0.108. The lowest BCUT2D eigenvalue weighted by molar-refractivity contribution is 0.0944. The molecule has 0 aliphatic carbocycles. The molecule has 138 valence electrons. The monoisotopic (exact) mass is 357 g/mol. The van der Waals surface area contributed by atoms with Crippen LogP contribution >= 0.6 is 0 Å². The van der Waals surface area contributed by atoms with E-state index in [1.54, 1.807) is 26.4 Å². The minimum Gasteiger partial charge on any atom is -0.370 e. The first-order valence-electron chi connectivity index (χ1n) is 8.63. The summed E-state index contributed by atoms with van der Waals surface area (Å²) in [5.74, 6) is 0.734. The molecule has 1 aliphatic rings. The van der Waals surface area contributed by atoms with E-state index < -0.39 is 0 Å². The van der Waals surface area contributed by atoms with Gasteiger partial charge in [-0.3, -0.25) is 9.59 Å². The average Bonchev–Trinajstić information content (AvgIpc) is 2.68. The van der Waals surface area contributed by atoms with E-state index in [4.69, 9.17) is 0 Å². The lowest BCUT2D eigenvalue weighted by Crippen LogP contribution is -2.39. The van der Waals surface area contributed by atoms with Gasteiger partial charge in [-0.25, -0.2) is 14.6 Å². The Morgan fingerprint density at radius 2 is 1.92 bits per heavy atom. The van der Waals surface area contributed by atoms with Crippen molar-refractivity contribution < 1.29 is 4.79 Å². The standard InChI is InChI=1S/C17H23N7O2/c1-18-17-20-9-13(10-21-17)16(26)19-8-12-3-5-24(6-4-12)14-7-15(25)23(2)22-11-14/h7,9-12H,3-6,8H2,1-2H3,(H,19,26)(H,18,20,21). The van der Waals surface area contributed by atoms with Crippen LogP contribution in [-0.4, -0.2) is 52.3 Å². The summed E-state index contributed by atoms with van der Waals surface area (Å²) in [6.07, 6.45) is 6.65. The van der Waals surface area contributed by atoms with Gasteiger partial charge in [-0.1, -0.05) is 0 Å². The fourth-order valence-electron chi connectivity index (χ4n) is 2.94. The number of hydrogen-bond acceptors (Lipinski definition) is 7. The molecule has 1 saturated heterocycles. The number of hydrogen-bond donors (Lipinski definition) is 2. The number of carbonyl (C=O) groups is 1. The zero-order valence-electron chi connectivity index (χ0n) is 15.0. The molecule has 0 aromatic carbocycles. The lowest BCUT2D eigenvalue weighted by Gasteiger charge is -2.33. The average molecular weight is 357 g/mol. The number of carbonyl (C=O) groups excluding carboxylic acids is 1. The molecule has 0 atom stereocenters. The molecule has 0 radical (unpaired) electrons. The second kappa shape index (κ2) is 7.94. The smallest absolute Gasteiger partial charge is 0.268 e. The highest BCUT2D eigenvalue weighted by Gasteiger charge is 2.21. The van der Waals surface area contributed by atoms with E-state index in [9.17, 15) is 9.59 Å². The van der Waals surface area contributed by atoms with Crippen molar-refractivity contribution >= 4 is 17.5 Å². The maximum Gasteiger partial charge on any atom is 0.268 e. The number of aromatic nitrogens is 4. The van der Waals surface area contributed by atoms with Crippen molar-refractivity contribution in [2.24, 2.45) is 13.0 Å². The maximum atomic E-state index is 12.2. The molecule has 1 aliphatic heterocycles. The van der Waals surface area contributed by atoms with E-state index in [-0.39, 0.29) is 11.5 Å². The molecule has 2 N–H and O–H groups in total. The number of anilines is 2. The SMILES string of the molecule is CNc1ncc(C(=O)NCC2CCN(c3cnn(C)c(=O)c3)CC2)cn1. The van der Waals surface area contributed by atoms with E-state index in [0.29, 0.717) is 24.0 Å². The van der Waals surface area contributed by atoms with E-state index in [2.05, 4.69) is 30.6 Å². The molecule has 2 aromatic rings. The van der Waals surface area contributed by atoms with Crippen LogP contribution in [0.5, 0.6) is 0 Å². The normalized spacial score (nSPS) is 14.9. The Labute approximate surface area is 151 Å². The molecule has 9 nitrogen and oxygen atoms in total. The second-order valence-corrected chi connectivity index (χ2v) is 6.36. The third-order valence-corrected chi connectivity index (χ3v) is 4.62. The number of aryl methyl sites for hydroxylation is 1. The summed E-state index contributed by atoms with van der Waals surface area (Å²) in [6.45, 7) is 2.31. The number of nitrogens with one attached hydrogen (secondary N) is 2. The van der Waals surface area contributed by atoms with Gasteiger partial charge in [0.25, 0.3) is 11.5 Å². The second-order valence-electron chi connectivity index (χ2n) is 6.36. The van der Waals surface area contributed by atoms with Crippen LogP contribution in [0.25, 0.3) is 0 Å². The topological polar surface area (TPSA) is 105 Å². The van der Waals surface area contributed by atoms with Gasteiger partial charge in [0.15, 0.2) is 0 Å². The molecule has 2 aromatic heterocycles. The Hall–Kier alpha value is -2.97. The summed E-state index contributed by atoms with van der Waals surface area (Å²) in [6, 6.07) is 1.62. The predicted molar refractivity (Wildman–Crippen MR) is 98.3 cm³/mol. The van der Waals surface area contributed by atoms with Gasteiger partial charge in [0, 0.05) is 52.2 Å². The van der Waals surface area contributed by atoms with E-state index in [0.717, 1.165) is 31.6 Å². The van der Waals surface area contributed by atoms with Crippen LogP contribution in [0.2, 0.25) is 0 Å². The van der Waals surface area contributed by atoms with Gasteiger partial charge in [-0.15, -0.1) is 0 Å². The lowest BCUT2D eigenvalue weighted by atomic mass is 9.96. The van der Waals surface area contributed by atoms with Gasteiger partial charge < -0.3 is 15.5 Å². The van der Waals surface area contributed by atoms with Crippen LogP contribution < -0.4 is 21.1 Å². The van der Waals surface area contributed by atoms with E-state index in [1.165, 1.54) is 17.1 Å². The fourth-order valence-corrected chi connectivity index (χ4v) is 2.94. The third kappa shape index (κ3) is 4.16. The van der Waals surface area contributed by atoms with Crippen molar-refractivity contribution in [2.75, 3.05) is 36.9 Å². The molecule has 3 heterocycles. The van der Waals surface area contributed by atoms with Gasteiger partial charge in [0.05, 0.1) is 17.4 Å². The van der Waals surface area contributed by atoms with Crippen molar-refractivity contribution in [3.63, 3.8) is 0 Å². The predicted octanol–water partition coefficient (Wildman–Crippen LogP) is 0.258. The Bertz CT molecular complexity index is 811. The maximum absolute atomic E-state index is 12.2. The summed E-state index contributed by atoms with van der Waals surface area (Å²) in [5.41, 5.74) is 1.20. The number of nitrogens with zero attached hydrogens (tertiary/aromatic N) is 5. The molecule has 9 heteroatoms. The van der Waals surface area contributed by atoms with Crippen LogP contribution in [-0.2, 0) is 7.05 Å². The molecule has 0 bridgehead atoms. The Morgan fingerprint density at radius 1 is 1.23 bits per heavy atom. The molecule has 0 saturated carbocycles. The molecule has 1 fully saturated rings. The van der Waals surface area contributed by atoms with Crippen LogP contribution in [0.15, 0.2) is 29.5 Å². The Morgan fingerprint density at radius 3 is 2.54 bits per heavy atom. The van der Waals surface area contributed by atoms with Gasteiger partial charge in [-0.05, 0) is 18.8 Å². The van der Waals surface area contributed by atoms with Gasteiger partial charge in [-0.2, -0.15) is 5.10 Å². The summed E-state index contributed by atoms with van der Waals surface area (Å²) >= 11 is 0. The highest BCUT2D eigenvalue weighted by Crippen LogP contribution is 2.21. The van der Waals surface area contributed by atoms with Gasteiger partial charge in [0.2, 0.25) is 5.95 Å². The van der Waals surface area contributed by atoms with Crippen LogP contribution in [0.1, 0.15) is 23.2 Å². The van der Waals surface area contributed by atoms with Crippen molar-refractivity contribution in [1.82, 2.24) is 25.1 Å². The number of amides is 1. The van der Waals surface area contributed by atoms with Crippen LogP contribution in [0, 0.1) is 5.92 Å². The zero-order chi connectivity index (χ0) is 18.5. The number of rotatable bonds is 5. The third-order valence-electron chi connectivity index (χ3n) is 4.62. The quantitative estimate of drug-likeness (QED) is 0.791. The summed E-state index contributed by atoms with van der Waals surface area (Å²) in [7, 11) is 3.36. The Balaban J connectivity index is 1.48. The largest absolute Gasteiger partial charge is 0.370 e. The molecular formula is C17H23N7O2. The van der Waals surface area contributed by atoms with Crippen LogP contribution in [0.4, 0.5) is 11.6 Å². The van der Waals surface area contributed by atoms with Crippen molar-refractivity contribution in [3.05, 3.63) is 40.6 Å². The summed E-state index contributed by atoms with van der Waals surface area (Å²) in [5, 5.41) is 9.84. The summed E-state index contributed by atoms with van der Waals surface area (Å²) in [4.78, 5) is 34.1. The molecule has 1 amide bonds. The highest BCUT2D eigenvalue weighted by atomic mass is 16.1. The van der Waals surface area contributed by atoms with E-state index >= 15 is 0 Å². The molecule has 0 unspecified atom stereocenters. The van der Waals surface area contributed by atoms with Gasteiger partial charge >= 0.3 is 0 Å². The molecular weight excluding hydrogens is 334 g/mol.